The van der Waals surface area contributed by atoms with Crippen molar-refractivity contribution in [3.05, 3.63) is 18.0 Å². The van der Waals surface area contributed by atoms with Gasteiger partial charge in [0, 0.05) is 18.3 Å². The van der Waals surface area contributed by atoms with E-state index >= 15 is 0 Å². The van der Waals surface area contributed by atoms with Gasteiger partial charge in [0.2, 0.25) is 5.91 Å². The first-order chi connectivity index (χ1) is 6.97. The lowest BCUT2D eigenvalue weighted by atomic mass is 9.92. The summed E-state index contributed by atoms with van der Waals surface area (Å²) >= 11 is 0. The number of aromatic amines is 1. The lowest BCUT2D eigenvalue weighted by Crippen LogP contribution is -2.42. The predicted octanol–water partition coefficient (Wildman–Crippen LogP) is 0.572. The second kappa shape index (κ2) is 4.44. The highest BCUT2D eigenvalue weighted by atomic mass is 16.2. The van der Waals surface area contributed by atoms with E-state index < -0.39 is 5.41 Å². The molecule has 1 rings (SSSR count). The highest BCUT2D eigenvalue weighted by molar-refractivity contribution is 5.82. The number of hydrogen-bond donors (Lipinski definition) is 3. The molecule has 5 nitrogen and oxygen atoms in total. The van der Waals surface area contributed by atoms with Crippen molar-refractivity contribution in [1.29, 1.82) is 0 Å². The monoisotopic (exact) mass is 210 g/mol. The number of hydrogen-bond acceptors (Lipinski definition) is 3. The molecule has 0 aliphatic rings. The molecule has 0 aromatic carbocycles. The van der Waals surface area contributed by atoms with Crippen LogP contribution in [-0.2, 0) is 4.79 Å². The summed E-state index contributed by atoms with van der Waals surface area (Å²) in [6.45, 7) is 5.89. The minimum absolute atomic E-state index is 0.0429. The SMILES string of the molecule is CC(NC(=O)C(C)(C)CN)c1cn[nH]c1. The van der Waals surface area contributed by atoms with Crippen molar-refractivity contribution in [3.63, 3.8) is 0 Å². The maximum atomic E-state index is 11.8. The van der Waals surface area contributed by atoms with E-state index in [-0.39, 0.29) is 11.9 Å². The van der Waals surface area contributed by atoms with Crippen LogP contribution in [0.2, 0.25) is 0 Å². The summed E-state index contributed by atoms with van der Waals surface area (Å²) in [5.41, 5.74) is 5.95. The summed E-state index contributed by atoms with van der Waals surface area (Å²) in [6, 6.07) is -0.0536. The smallest absolute Gasteiger partial charge is 0.227 e. The Bertz CT molecular complexity index is 318. The molecule has 0 aliphatic heterocycles. The Morgan fingerprint density at radius 2 is 2.40 bits per heavy atom. The second-order valence-corrected chi connectivity index (χ2v) is 4.31. The van der Waals surface area contributed by atoms with Crippen LogP contribution in [0.3, 0.4) is 0 Å². The fraction of sp³-hybridized carbons (Fsp3) is 0.600. The largest absolute Gasteiger partial charge is 0.349 e. The van der Waals surface area contributed by atoms with Crippen molar-refractivity contribution in [2.45, 2.75) is 26.8 Å². The van der Waals surface area contributed by atoms with Gasteiger partial charge >= 0.3 is 0 Å². The molecule has 5 heteroatoms. The highest BCUT2D eigenvalue weighted by Gasteiger charge is 2.27. The standard InChI is InChI=1S/C10H18N4O/c1-7(8-4-12-13-5-8)14-9(15)10(2,3)6-11/h4-5,7H,6,11H2,1-3H3,(H,12,13)(H,14,15). The molecule has 1 aromatic rings. The molecular formula is C10H18N4O. The Labute approximate surface area is 89.4 Å². The lowest BCUT2D eigenvalue weighted by Gasteiger charge is -2.23. The van der Waals surface area contributed by atoms with Crippen LogP contribution in [0.1, 0.15) is 32.4 Å². The van der Waals surface area contributed by atoms with Crippen molar-refractivity contribution >= 4 is 5.91 Å². The van der Waals surface area contributed by atoms with E-state index in [1.807, 2.05) is 20.8 Å². The van der Waals surface area contributed by atoms with Crippen molar-refractivity contribution in [2.24, 2.45) is 11.1 Å². The highest BCUT2D eigenvalue weighted by Crippen LogP contribution is 2.16. The molecular weight excluding hydrogens is 192 g/mol. The Balaban J connectivity index is 2.60. The molecule has 15 heavy (non-hydrogen) atoms. The van der Waals surface area contributed by atoms with Crippen LogP contribution in [0.4, 0.5) is 0 Å². The third kappa shape index (κ3) is 2.79. The van der Waals surface area contributed by atoms with Crippen LogP contribution in [0, 0.1) is 5.41 Å². The zero-order valence-corrected chi connectivity index (χ0v) is 9.37. The van der Waals surface area contributed by atoms with E-state index in [0.717, 1.165) is 5.56 Å². The molecule has 0 fully saturated rings. The number of amides is 1. The van der Waals surface area contributed by atoms with Crippen molar-refractivity contribution in [3.8, 4) is 0 Å². The van der Waals surface area contributed by atoms with Crippen LogP contribution < -0.4 is 11.1 Å². The zero-order chi connectivity index (χ0) is 11.5. The fourth-order valence-corrected chi connectivity index (χ4v) is 1.07. The van der Waals surface area contributed by atoms with E-state index in [2.05, 4.69) is 15.5 Å². The zero-order valence-electron chi connectivity index (χ0n) is 9.37. The Morgan fingerprint density at radius 3 is 2.87 bits per heavy atom. The first-order valence-corrected chi connectivity index (χ1v) is 4.97. The minimum Gasteiger partial charge on any atom is -0.349 e. The average molecular weight is 210 g/mol. The molecule has 0 bridgehead atoms. The van der Waals surface area contributed by atoms with Gasteiger partial charge in [0.1, 0.15) is 0 Å². The number of nitrogens with two attached hydrogens (primary N) is 1. The van der Waals surface area contributed by atoms with Gasteiger partial charge in [-0.15, -0.1) is 0 Å². The number of carbonyl (C=O) groups is 1. The molecule has 0 saturated carbocycles. The molecule has 1 atom stereocenters. The van der Waals surface area contributed by atoms with E-state index in [9.17, 15) is 4.79 Å². The maximum Gasteiger partial charge on any atom is 0.227 e. The van der Waals surface area contributed by atoms with Crippen LogP contribution in [0.15, 0.2) is 12.4 Å². The Kier molecular flexibility index (Phi) is 3.47. The van der Waals surface area contributed by atoms with Gasteiger partial charge in [-0.2, -0.15) is 5.10 Å². The Morgan fingerprint density at radius 1 is 1.73 bits per heavy atom. The van der Waals surface area contributed by atoms with Gasteiger partial charge in [-0.05, 0) is 20.8 Å². The summed E-state index contributed by atoms with van der Waals surface area (Å²) in [7, 11) is 0. The van der Waals surface area contributed by atoms with E-state index in [1.165, 1.54) is 0 Å². The third-order valence-electron chi connectivity index (χ3n) is 2.49. The molecule has 0 saturated heterocycles. The molecule has 1 heterocycles. The number of nitrogens with zero attached hydrogens (tertiary/aromatic N) is 1. The van der Waals surface area contributed by atoms with E-state index in [4.69, 9.17) is 5.73 Å². The number of rotatable bonds is 4. The quantitative estimate of drug-likeness (QED) is 0.679. The van der Waals surface area contributed by atoms with Gasteiger partial charge in [0.05, 0.1) is 17.7 Å². The van der Waals surface area contributed by atoms with Crippen LogP contribution in [-0.4, -0.2) is 22.6 Å². The van der Waals surface area contributed by atoms with Gasteiger partial charge in [-0.25, -0.2) is 0 Å². The van der Waals surface area contributed by atoms with Gasteiger partial charge < -0.3 is 11.1 Å². The van der Waals surface area contributed by atoms with Crippen LogP contribution >= 0.6 is 0 Å². The molecule has 1 aromatic heterocycles. The molecule has 1 amide bonds. The molecule has 84 valence electrons. The van der Waals surface area contributed by atoms with Gasteiger partial charge in [0.25, 0.3) is 0 Å². The van der Waals surface area contributed by atoms with Crippen molar-refractivity contribution < 1.29 is 4.79 Å². The summed E-state index contributed by atoms with van der Waals surface area (Å²) in [5.74, 6) is -0.0429. The van der Waals surface area contributed by atoms with Crippen molar-refractivity contribution in [1.82, 2.24) is 15.5 Å². The summed E-state index contributed by atoms with van der Waals surface area (Å²) in [4.78, 5) is 11.8. The Hall–Kier alpha value is -1.36. The summed E-state index contributed by atoms with van der Waals surface area (Å²) in [5, 5.41) is 9.44. The molecule has 4 N–H and O–H groups in total. The van der Waals surface area contributed by atoms with E-state index in [0.29, 0.717) is 6.54 Å². The van der Waals surface area contributed by atoms with Gasteiger partial charge in [-0.1, -0.05) is 0 Å². The lowest BCUT2D eigenvalue weighted by molar-refractivity contribution is -0.129. The first kappa shape index (κ1) is 11.7. The molecule has 0 radical (unpaired) electrons. The first-order valence-electron chi connectivity index (χ1n) is 4.97. The molecule has 1 unspecified atom stereocenters. The van der Waals surface area contributed by atoms with Crippen molar-refractivity contribution in [2.75, 3.05) is 6.54 Å². The maximum absolute atomic E-state index is 11.8. The third-order valence-corrected chi connectivity index (χ3v) is 2.49. The van der Waals surface area contributed by atoms with Gasteiger partial charge in [-0.3, -0.25) is 9.89 Å². The average Bonchev–Trinajstić information content (AvgIpc) is 2.70. The second-order valence-electron chi connectivity index (χ2n) is 4.31. The van der Waals surface area contributed by atoms with E-state index in [1.54, 1.807) is 12.4 Å². The van der Waals surface area contributed by atoms with Crippen LogP contribution in [0.25, 0.3) is 0 Å². The minimum atomic E-state index is -0.530. The number of H-pyrrole nitrogens is 1. The number of nitrogens with one attached hydrogen (secondary N) is 2. The van der Waals surface area contributed by atoms with Crippen LogP contribution in [0.5, 0.6) is 0 Å². The summed E-state index contributed by atoms with van der Waals surface area (Å²) in [6.07, 6.45) is 3.46. The topological polar surface area (TPSA) is 83.8 Å². The summed E-state index contributed by atoms with van der Waals surface area (Å²) < 4.78 is 0. The molecule has 0 spiro atoms. The number of aromatic nitrogens is 2. The van der Waals surface area contributed by atoms with Gasteiger partial charge in [0.15, 0.2) is 0 Å². The predicted molar refractivity (Wildman–Crippen MR) is 58.0 cm³/mol. The molecule has 0 aliphatic carbocycles. The normalized spacial score (nSPS) is 13.6. The fourth-order valence-electron chi connectivity index (χ4n) is 1.07. The number of carbonyl (C=O) groups excluding carboxylic acids is 1.